The Kier molecular flexibility index (Phi) is 5.60. The minimum atomic E-state index is -3.81. The van der Waals surface area contributed by atoms with Crippen LogP contribution in [0, 0.1) is 0 Å². The summed E-state index contributed by atoms with van der Waals surface area (Å²) in [7, 11) is -1.15. The van der Waals surface area contributed by atoms with Crippen LogP contribution in [-0.4, -0.2) is 49.8 Å². The highest BCUT2D eigenvalue weighted by Gasteiger charge is 2.26. The molecule has 0 aliphatic carbocycles. The number of sulfonamides is 1. The maximum Gasteiger partial charge on any atom is 0.326 e. The molecule has 0 saturated carbocycles. The minimum Gasteiger partial charge on any atom is -0.480 e. The summed E-state index contributed by atoms with van der Waals surface area (Å²) in [5, 5.41) is 11.2. The van der Waals surface area contributed by atoms with Gasteiger partial charge in [0, 0.05) is 20.5 Å². The first-order chi connectivity index (χ1) is 11.7. The summed E-state index contributed by atoms with van der Waals surface area (Å²) in [4.78, 5) is 23.6. The molecule has 2 aromatic rings. The molecule has 0 aliphatic heterocycles. The lowest BCUT2D eigenvalue weighted by Gasteiger charge is -2.13. The number of carboxylic acid groups (broad SMARTS) is 1. The lowest BCUT2D eigenvalue weighted by Crippen LogP contribution is -2.42. The van der Waals surface area contributed by atoms with Crippen LogP contribution in [0.1, 0.15) is 16.1 Å². The maximum atomic E-state index is 12.2. The van der Waals surface area contributed by atoms with E-state index in [0.29, 0.717) is 0 Å². The lowest BCUT2D eigenvalue weighted by molar-refractivity contribution is -0.139. The van der Waals surface area contributed by atoms with Crippen molar-refractivity contribution in [3.05, 3.63) is 53.8 Å². The average molecular weight is 366 g/mol. The summed E-state index contributed by atoms with van der Waals surface area (Å²) in [6.07, 6.45) is 0.0888. The molecule has 1 aromatic carbocycles. The van der Waals surface area contributed by atoms with Gasteiger partial charge < -0.3 is 14.8 Å². The number of nitrogens with zero attached hydrogens (tertiary/aromatic N) is 1. The highest BCUT2D eigenvalue weighted by molar-refractivity contribution is 7.88. The summed E-state index contributed by atoms with van der Waals surface area (Å²) >= 11 is 0. The van der Waals surface area contributed by atoms with Crippen LogP contribution in [0.2, 0.25) is 0 Å². The molecule has 0 bridgehead atoms. The van der Waals surface area contributed by atoms with E-state index in [0.717, 1.165) is 15.9 Å². The molecule has 0 spiro atoms. The number of rotatable bonds is 7. The van der Waals surface area contributed by atoms with Gasteiger partial charge in [0.15, 0.2) is 5.76 Å². The topological polar surface area (TPSA) is 117 Å². The normalized spacial score (nSPS) is 12.8. The summed E-state index contributed by atoms with van der Waals surface area (Å²) in [6, 6.07) is 9.99. The average Bonchev–Trinajstić information content (AvgIpc) is 3.05. The van der Waals surface area contributed by atoms with Crippen molar-refractivity contribution in [2.45, 2.75) is 17.6 Å². The van der Waals surface area contributed by atoms with Gasteiger partial charge in [0.2, 0.25) is 5.09 Å². The Hall–Kier alpha value is -2.65. The van der Waals surface area contributed by atoms with E-state index in [1.54, 1.807) is 30.3 Å². The summed E-state index contributed by atoms with van der Waals surface area (Å²) in [5.41, 5.74) is 0.741. The molecule has 1 amide bonds. The van der Waals surface area contributed by atoms with Crippen molar-refractivity contribution in [3.63, 3.8) is 0 Å². The molecule has 9 heteroatoms. The first-order valence-electron chi connectivity index (χ1n) is 7.32. The monoisotopic (exact) mass is 366 g/mol. The second-order valence-electron chi connectivity index (χ2n) is 5.46. The van der Waals surface area contributed by atoms with Crippen LogP contribution < -0.4 is 5.32 Å². The van der Waals surface area contributed by atoms with Crippen molar-refractivity contribution < 1.29 is 27.5 Å². The van der Waals surface area contributed by atoms with Gasteiger partial charge in [-0.1, -0.05) is 30.3 Å². The Balaban J connectivity index is 2.14. The maximum absolute atomic E-state index is 12.2. The van der Waals surface area contributed by atoms with Crippen LogP contribution in [0.3, 0.4) is 0 Å². The van der Waals surface area contributed by atoms with Gasteiger partial charge in [-0.15, -0.1) is 0 Å². The zero-order valence-electron chi connectivity index (χ0n) is 13.7. The quantitative estimate of drug-likeness (QED) is 0.754. The third-order valence-electron chi connectivity index (χ3n) is 3.43. The Bertz CT molecular complexity index is 858. The van der Waals surface area contributed by atoms with Gasteiger partial charge in [0.05, 0.1) is 0 Å². The van der Waals surface area contributed by atoms with Gasteiger partial charge >= 0.3 is 5.97 Å². The summed E-state index contributed by atoms with van der Waals surface area (Å²) < 4.78 is 29.9. The molecule has 0 radical (unpaired) electrons. The van der Waals surface area contributed by atoms with E-state index in [2.05, 4.69) is 5.32 Å². The molecule has 1 heterocycles. The fourth-order valence-corrected chi connectivity index (χ4v) is 2.84. The van der Waals surface area contributed by atoms with E-state index in [9.17, 15) is 23.1 Å². The van der Waals surface area contributed by atoms with Gasteiger partial charge in [0.1, 0.15) is 6.04 Å². The molecular formula is C16H18N2O6S. The number of hydrogen-bond acceptors (Lipinski definition) is 5. The second kappa shape index (κ2) is 7.49. The van der Waals surface area contributed by atoms with E-state index in [1.165, 1.54) is 20.2 Å². The third kappa shape index (κ3) is 4.46. The van der Waals surface area contributed by atoms with Gasteiger partial charge in [0.25, 0.3) is 15.9 Å². The summed E-state index contributed by atoms with van der Waals surface area (Å²) in [6.45, 7) is 0. The van der Waals surface area contributed by atoms with Crippen LogP contribution in [0.15, 0.2) is 52.0 Å². The number of furan rings is 1. The van der Waals surface area contributed by atoms with Gasteiger partial charge in [-0.25, -0.2) is 17.5 Å². The third-order valence-corrected chi connectivity index (χ3v) is 5.12. The van der Waals surface area contributed by atoms with Crippen LogP contribution >= 0.6 is 0 Å². The Morgan fingerprint density at radius 3 is 2.36 bits per heavy atom. The molecule has 2 rings (SSSR count). The molecule has 0 unspecified atom stereocenters. The number of nitrogens with one attached hydrogen (secondary N) is 1. The second-order valence-corrected chi connectivity index (χ2v) is 7.54. The molecule has 2 N–H and O–H groups in total. The number of carbonyl (C=O) groups excluding carboxylic acids is 1. The summed E-state index contributed by atoms with van der Waals surface area (Å²) in [5.74, 6) is -2.28. The number of benzene rings is 1. The van der Waals surface area contributed by atoms with Crippen molar-refractivity contribution in [2.75, 3.05) is 14.1 Å². The molecular weight excluding hydrogens is 348 g/mol. The van der Waals surface area contributed by atoms with E-state index in [4.69, 9.17) is 4.42 Å². The molecule has 0 saturated heterocycles. The first-order valence-corrected chi connectivity index (χ1v) is 8.76. The number of carbonyl (C=O) groups is 2. The van der Waals surface area contributed by atoms with Crippen molar-refractivity contribution in [1.29, 1.82) is 0 Å². The van der Waals surface area contributed by atoms with Crippen molar-refractivity contribution in [1.82, 2.24) is 9.62 Å². The van der Waals surface area contributed by atoms with Crippen LogP contribution in [0.5, 0.6) is 0 Å². The highest BCUT2D eigenvalue weighted by atomic mass is 32.2. The predicted octanol–water partition coefficient (Wildman–Crippen LogP) is 0.956. The molecule has 25 heavy (non-hydrogen) atoms. The van der Waals surface area contributed by atoms with E-state index >= 15 is 0 Å². The lowest BCUT2D eigenvalue weighted by atomic mass is 10.1. The SMILES string of the molecule is CN(C)S(=O)(=O)c1ccc(C(=O)N[C@H](Cc2ccccc2)C(=O)O)o1. The highest BCUT2D eigenvalue weighted by Crippen LogP contribution is 2.17. The predicted molar refractivity (Wildman–Crippen MR) is 88.6 cm³/mol. The molecule has 8 nitrogen and oxygen atoms in total. The van der Waals surface area contributed by atoms with Gasteiger partial charge in [-0.05, 0) is 17.7 Å². The fourth-order valence-electron chi connectivity index (χ4n) is 2.04. The minimum absolute atomic E-state index is 0.0888. The number of hydrogen-bond donors (Lipinski definition) is 2. The largest absolute Gasteiger partial charge is 0.480 e. The van der Waals surface area contributed by atoms with Crippen molar-refractivity contribution in [3.8, 4) is 0 Å². The van der Waals surface area contributed by atoms with Crippen molar-refractivity contribution >= 4 is 21.9 Å². The zero-order chi connectivity index (χ0) is 18.6. The Morgan fingerprint density at radius 2 is 1.80 bits per heavy atom. The van der Waals surface area contributed by atoms with Gasteiger partial charge in [-0.2, -0.15) is 0 Å². The van der Waals surface area contributed by atoms with E-state index in [1.807, 2.05) is 0 Å². The van der Waals surface area contributed by atoms with E-state index < -0.39 is 33.0 Å². The molecule has 134 valence electrons. The zero-order valence-corrected chi connectivity index (χ0v) is 14.5. The first kappa shape index (κ1) is 18.7. The molecule has 0 aliphatic rings. The number of aliphatic carboxylic acids is 1. The number of carboxylic acids is 1. The molecule has 1 aromatic heterocycles. The van der Waals surface area contributed by atoms with E-state index in [-0.39, 0.29) is 12.2 Å². The Labute approximate surface area is 145 Å². The van der Waals surface area contributed by atoms with Crippen LogP contribution in [0.4, 0.5) is 0 Å². The standard InChI is InChI=1S/C16H18N2O6S/c1-18(2)25(22,23)14-9-8-13(24-14)15(19)17-12(16(20)21)10-11-6-4-3-5-7-11/h3-9,12H,10H2,1-2H3,(H,17,19)(H,20,21)/t12-/m1/s1. The smallest absolute Gasteiger partial charge is 0.326 e. The molecule has 1 atom stereocenters. The van der Waals surface area contributed by atoms with Gasteiger partial charge in [-0.3, -0.25) is 4.79 Å². The Morgan fingerprint density at radius 1 is 1.16 bits per heavy atom. The van der Waals surface area contributed by atoms with Crippen LogP contribution in [-0.2, 0) is 21.2 Å². The van der Waals surface area contributed by atoms with Crippen molar-refractivity contribution in [2.24, 2.45) is 0 Å². The van der Waals surface area contributed by atoms with Crippen LogP contribution in [0.25, 0.3) is 0 Å². The number of amides is 1. The fraction of sp³-hybridized carbons (Fsp3) is 0.250. The molecule has 0 fully saturated rings.